The SMILES string of the molecule is COc1cc(OC)cc(C(=O)N2CCN(c3nc4c(OC)c(Cl)ccc4s3)CC2)c1. The molecule has 2 aromatic carbocycles. The number of piperazine rings is 1. The molecule has 7 nitrogen and oxygen atoms in total. The molecular weight excluding hydrogens is 426 g/mol. The van der Waals surface area contributed by atoms with Crippen LogP contribution in [0.5, 0.6) is 17.2 Å². The molecule has 4 rings (SSSR count). The molecule has 1 aliphatic heterocycles. The van der Waals surface area contributed by atoms with Crippen LogP contribution < -0.4 is 19.1 Å². The number of methoxy groups -OCH3 is 3. The number of carbonyl (C=O) groups is 1. The van der Waals surface area contributed by atoms with Gasteiger partial charge >= 0.3 is 0 Å². The monoisotopic (exact) mass is 447 g/mol. The summed E-state index contributed by atoms with van der Waals surface area (Å²) in [5.74, 6) is 1.75. The standard InChI is InChI=1S/C21H22ClN3O4S/c1-27-14-10-13(11-15(12-14)28-2)20(26)24-6-8-25(9-7-24)21-23-18-17(30-21)5-4-16(22)19(18)29-3/h4-5,10-12H,6-9H2,1-3H3. The second kappa shape index (κ2) is 8.57. The van der Waals surface area contributed by atoms with E-state index in [1.54, 1.807) is 50.9 Å². The van der Waals surface area contributed by atoms with E-state index in [2.05, 4.69) is 4.90 Å². The molecule has 1 saturated heterocycles. The summed E-state index contributed by atoms with van der Waals surface area (Å²) in [6.07, 6.45) is 0. The van der Waals surface area contributed by atoms with Crippen molar-refractivity contribution >= 4 is 44.2 Å². The summed E-state index contributed by atoms with van der Waals surface area (Å²) in [5, 5.41) is 1.45. The van der Waals surface area contributed by atoms with Crippen LogP contribution in [0, 0.1) is 0 Å². The van der Waals surface area contributed by atoms with E-state index in [0.29, 0.717) is 54.0 Å². The van der Waals surface area contributed by atoms with Crippen molar-refractivity contribution in [3.63, 3.8) is 0 Å². The average molecular weight is 448 g/mol. The number of hydrogen-bond donors (Lipinski definition) is 0. The third-order valence-corrected chi connectivity index (χ3v) is 6.47. The first-order chi connectivity index (χ1) is 14.5. The lowest BCUT2D eigenvalue weighted by Gasteiger charge is -2.34. The fourth-order valence-corrected chi connectivity index (χ4v) is 4.72. The van der Waals surface area contributed by atoms with Crippen molar-refractivity contribution < 1.29 is 19.0 Å². The second-order valence-corrected chi connectivity index (χ2v) is 8.22. The minimum atomic E-state index is -0.0374. The van der Waals surface area contributed by atoms with Gasteiger partial charge in [0.1, 0.15) is 17.0 Å². The highest BCUT2D eigenvalue weighted by atomic mass is 35.5. The van der Waals surface area contributed by atoms with Crippen molar-refractivity contribution in [2.24, 2.45) is 0 Å². The molecule has 1 aromatic heterocycles. The molecular formula is C21H22ClN3O4S. The van der Waals surface area contributed by atoms with Crippen LogP contribution in [0.4, 0.5) is 5.13 Å². The minimum absolute atomic E-state index is 0.0374. The van der Waals surface area contributed by atoms with Gasteiger partial charge in [0.05, 0.1) is 31.1 Å². The Morgan fingerprint density at radius 2 is 1.67 bits per heavy atom. The van der Waals surface area contributed by atoms with Crippen LogP contribution in [0.25, 0.3) is 10.2 Å². The Labute approximate surface area is 183 Å². The fourth-order valence-electron chi connectivity index (χ4n) is 3.48. The molecule has 1 amide bonds. The fraction of sp³-hybridized carbons (Fsp3) is 0.333. The van der Waals surface area contributed by atoms with E-state index < -0.39 is 0 Å². The van der Waals surface area contributed by atoms with Crippen LogP contribution >= 0.6 is 22.9 Å². The molecule has 2 heterocycles. The second-order valence-electron chi connectivity index (χ2n) is 6.80. The molecule has 0 spiro atoms. The molecule has 0 aliphatic carbocycles. The van der Waals surface area contributed by atoms with E-state index in [4.69, 9.17) is 30.8 Å². The number of aromatic nitrogens is 1. The molecule has 0 N–H and O–H groups in total. The number of thiazole rings is 1. The number of rotatable bonds is 5. The predicted molar refractivity (Wildman–Crippen MR) is 119 cm³/mol. The highest BCUT2D eigenvalue weighted by Crippen LogP contribution is 2.38. The Balaban J connectivity index is 1.49. The molecule has 0 radical (unpaired) electrons. The molecule has 9 heteroatoms. The lowest BCUT2D eigenvalue weighted by Crippen LogP contribution is -2.48. The Hall–Kier alpha value is -2.71. The first kappa shape index (κ1) is 20.6. The zero-order chi connectivity index (χ0) is 21.3. The topological polar surface area (TPSA) is 64.1 Å². The van der Waals surface area contributed by atoms with Crippen molar-refractivity contribution in [1.82, 2.24) is 9.88 Å². The van der Waals surface area contributed by atoms with Crippen molar-refractivity contribution in [3.05, 3.63) is 40.9 Å². The summed E-state index contributed by atoms with van der Waals surface area (Å²) in [6, 6.07) is 9.00. The van der Waals surface area contributed by atoms with E-state index in [0.717, 1.165) is 15.3 Å². The minimum Gasteiger partial charge on any atom is -0.497 e. The molecule has 158 valence electrons. The highest BCUT2D eigenvalue weighted by molar-refractivity contribution is 7.22. The maximum absolute atomic E-state index is 13.0. The number of amides is 1. The predicted octanol–water partition coefficient (Wildman–Crippen LogP) is 3.94. The van der Waals surface area contributed by atoms with Gasteiger partial charge in [-0.1, -0.05) is 22.9 Å². The number of hydrogen-bond acceptors (Lipinski definition) is 7. The Kier molecular flexibility index (Phi) is 5.87. The quantitative estimate of drug-likeness (QED) is 0.590. The summed E-state index contributed by atoms with van der Waals surface area (Å²) in [4.78, 5) is 21.8. The molecule has 1 fully saturated rings. The maximum Gasteiger partial charge on any atom is 0.254 e. The van der Waals surface area contributed by atoms with Gasteiger partial charge in [0.15, 0.2) is 10.9 Å². The van der Waals surface area contributed by atoms with Gasteiger partial charge in [-0.25, -0.2) is 4.98 Å². The van der Waals surface area contributed by atoms with Gasteiger partial charge in [0.2, 0.25) is 0 Å². The van der Waals surface area contributed by atoms with Crippen molar-refractivity contribution in [1.29, 1.82) is 0 Å². The Bertz CT molecular complexity index is 1060. The average Bonchev–Trinajstić information content (AvgIpc) is 3.22. The Morgan fingerprint density at radius 1 is 1.00 bits per heavy atom. The molecule has 3 aromatic rings. The number of fused-ring (bicyclic) bond motifs is 1. The number of halogens is 1. The van der Waals surface area contributed by atoms with Crippen LogP contribution in [-0.4, -0.2) is 63.3 Å². The van der Waals surface area contributed by atoms with Gasteiger partial charge in [-0.3, -0.25) is 4.79 Å². The van der Waals surface area contributed by atoms with Gasteiger partial charge < -0.3 is 24.0 Å². The number of anilines is 1. The number of ether oxygens (including phenoxy) is 3. The van der Waals surface area contributed by atoms with Crippen LogP contribution in [0.3, 0.4) is 0 Å². The lowest BCUT2D eigenvalue weighted by atomic mass is 10.1. The van der Waals surface area contributed by atoms with Gasteiger partial charge in [-0.05, 0) is 24.3 Å². The number of benzene rings is 2. The summed E-state index contributed by atoms with van der Waals surface area (Å²) in [5.41, 5.74) is 1.32. The smallest absolute Gasteiger partial charge is 0.254 e. The molecule has 30 heavy (non-hydrogen) atoms. The number of carbonyl (C=O) groups excluding carboxylic acids is 1. The zero-order valence-corrected chi connectivity index (χ0v) is 18.5. The summed E-state index contributed by atoms with van der Waals surface area (Å²) in [7, 11) is 4.74. The zero-order valence-electron chi connectivity index (χ0n) is 17.0. The van der Waals surface area contributed by atoms with Crippen LogP contribution in [0.15, 0.2) is 30.3 Å². The van der Waals surface area contributed by atoms with E-state index in [-0.39, 0.29) is 5.91 Å². The van der Waals surface area contributed by atoms with Gasteiger partial charge in [0.25, 0.3) is 5.91 Å². The van der Waals surface area contributed by atoms with Crippen LogP contribution in [0.2, 0.25) is 5.02 Å². The van der Waals surface area contributed by atoms with E-state index in [1.807, 2.05) is 17.0 Å². The largest absolute Gasteiger partial charge is 0.497 e. The normalized spacial score (nSPS) is 14.1. The molecule has 0 unspecified atom stereocenters. The van der Waals surface area contributed by atoms with E-state index in [9.17, 15) is 4.79 Å². The van der Waals surface area contributed by atoms with Crippen molar-refractivity contribution in [2.45, 2.75) is 0 Å². The van der Waals surface area contributed by atoms with Gasteiger partial charge in [-0.2, -0.15) is 0 Å². The molecule has 0 atom stereocenters. The van der Waals surface area contributed by atoms with Crippen LogP contribution in [0.1, 0.15) is 10.4 Å². The van der Waals surface area contributed by atoms with Crippen molar-refractivity contribution in [2.75, 3.05) is 52.4 Å². The van der Waals surface area contributed by atoms with Gasteiger partial charge in [-0.15, -0.1) is 0 Å². The summed E-state index contributed by atoms with van der Waals surface area (Å²) in [6.45, 7) is 2.60. The van der Waals surface area contributed by atoms with Crippen molar-refractivity contribution in [3.8, 4) is 17.2 Å². The third-order valence-electron chi connectivity index (χ3n) is 5.10. The first-order valence-corrected chi connectivity index (χ1v) is 10.6. The first-order valence-electron chi connectivity index (χ1n) is 9.44. The maximum atomic E-state index is 13.0. The highest BCUT2D eigenvalue weighted by Gasteiger charge is 2.25. The lowest BCUT2D eigenvalue weighted by molar-refractivity contribution is 0.0746. The molecule has 0 bridgehead atoms. The third kappa shape index (κ3) is 3.85. The van der Waals surface area contributed by atoms with E-state index in [1.165, 1.54) is 0 Å². The number of nitrogens with zero attached hydrogens (tertiary/aromatic N) is 3. The molecule has 0 saturated carbocycles. The van der Waals surface area contributed by atoms with Gasteiger partial charge in [0, 0.05) is 37.8 Å². The summed E-state index contributed by atoms with van der Waals surface area (Å²) >= 11 is 7.82. The van der Waals surface area contributed by atoms with Crippen LogP contribution in [-0.2, 0) is 0 Å². The molecule has 1 aliphatic rings. The summed E-state index contributed by atoms with van der Waals surface area (Å²) < 4.78 is 17.0. The Morgan fingerprint density at radius 3 is 2.27 bits per heavy atom. The van der Waals surface area contributed by atoms with E-state index >= 15 is 0 Å².